The van der Waals surface area contributed by atoms with Crippen molar-refractivity contribution in [1.82, 2.24) is 4.98 Å². The molecule has 1 amide bonds. The zero-order valence-electron chi connectivity index (χ0n) is 9.96. The number of rotatable bonds is 2. The van der Waals surface area contributed by atoms with Crippen molar-refractivity contribution >= 4 is 34.8 Å². The zero-order valence-corrected chi connectivity index (χ0v) is 11.5. The molecule has 0 bridgehead atoms. The average molecular weight is 297 g/mol. The van der Waals surface area contributed by atoms with E-state index >= 15 is 0 Å². The lowest BCUT2D eigenvalue weighted by molar-refractivity contribution is 0.102. The van der Waals surface area contributed by atoms with Crippen LogP contribution >= 0.6 is 23.2 Å². The van der Waals surface area contributed by atoms with Gasteiger partial charge in [0.1, 0.15) is 0 Å². The lowest BCUT2D eigenvalue weighted by atomic mass is 10.2. The van der Waals surface area contributed by atoms with Crippen LogP contribution in [0.1, 0.15) is 15.9 Å². The molecule has 2 N–H and O–H groups in total. The number of carbonyl (C=O) groups excluding carboxylic acids is 1. The molecule has 0 aliphatic carbocycles. The molecule has 0 radical (unpaired) electrons. The Balaban J connectivity index is 2.29. The highest BCUT2D eigenvalue weighted by Gasteiger charge is 2.10. The number of anilines is 1. The van der Waals surface area contributed by atoms with Crippen molar-refractivity contribution in [2.45, 2.75) is 6.92 Å². The molecule has 6 heteroatoms. The summed E-state index contributed by atoms with van der Waals surface area (Å²) >= 11 is 12.0. The van der Waals surface area contributed by atoms with Crippen molar-refractivity contribution in [2.24, 2.45) is 0 Å². The highest BCUT2D eigenvalue weighted by molar-refractivity contribution is 6.36. The molecule has 1 heterocycles. The van der Waals surface area contributed by atoms with E-state index in [1.807, 2.05) is 6.92 Å². The van der Waals surface area contributed by atoms with E-state index < -0.39 is 5.91 Å². The average Bonchev–Trinajstić information content (AvgIpc) is 2.36. The molecule has 0 saturated heterocycles. The van der Waals surface area contributed by atoms with Gasteiger partial charge in [-0.3, -0.25) is 9.59 Å². The normalized spacial score (nSPS) is 10.3. The molecule has 0 saturated carbocycles. The SMILES string of the molecule is Cc1cc(Cl)c(NC(=O)c2cc[nH]c(=O)c2)cc1Cl. The minimum atomic E-state index is -0.423. The van der Waals surface area contributed by atoms with Crippen LogP contribution in [0.15, 0.2) is 35.3 Å². The van der Waals surface area contributed by atoms with Gasteiger partial charge < -0.3 is 10.3 Å². The van der Waals surface area contributed by atoms with Crippen LogP contribution in [0.4, 0.5) is 5.69 Å². The van der Waals surface area contributed by atoms with Crippen LogP contribution in [0, 0.1) is 6.92 Å². The minimum absolute atomic E-state index is 0.247. The Labute approximate surface area is 119 Å². The first kappa shape index (κ1) is 13.6. The fourth-order valence-electron chi connectivity index (χ4n) is 1.52. The van der Waals surface area contributed by atoms with E-state index in [9.17, 15) is 9.59 Å². The van der Waals surface area contributed by atoms with E-state index in [1.165, 1.54) is 18.3 Å². The highest BCUT2D eigenvalue weighted by Crippen LogP contribution is 2.29. The third kappa shape index (κ3) is 3.16. The van der Waals surface area contributed by atoms with Gasteiger partial charge in [-0.15, -0.1) is 0 Å². The maximum absolute atomic E-state index is 11.9. The number of amides is 1. The topological polar surface area (TPSA) is 62.0 Å². The minimum Gasteiger partial charge on any atom is -0.329 e. The van der Waals surface area contributed by atoms with Crippen LogP contribution in [-0.2, 0) is 0 Å². The largest absolute Gasteiger partial charge is 0.329 e. The molecule has 0 aliphatic rings. The van der Waals surface area contributed by atoms with Gasteiger partial charge in [0, 0.05) is 22.8 Å². The number of H-pyrrole nitrogens is 1. The standard InChI is InChI=1S/C13H10Cl2N2O2/c1-7-4-10(15)11(6-9(7)14)17-13(19)8-2-3-16-12(18)5-8/h2-6H,1H3,(H,16,18)(H,17,19). The number of hydrogen-bond donors (Lipinski definition) is 2. The van der Waals surface area contributed by atoms with E-state index in [2.05, 4.69) is 10.3 Å². The molecular formula is C13H10Cl2N2O2. The molecule has 1 aromatic heterocycles. The summed E-state index contributed by atoms with van der Waals surface area (Å²) in [4.78, 5) is 25.5. The third-order valence-electron chi connectivity index (χ3n) is 2.53. The van der Waals surface area contributed by atoms with Crippen molar-refractivity contribution in [3.63, 3.8) is 0 Å². The second-order valence-corrected chi connectivity index (χ2v) is 4.79. The lowest BCUT2D eigenvalue weighted by Crippen LogP contribution is -2.15. The van der Waals surface area contributed by atoms with Crippen molar-refractivity contribution in [1.29, 1.82) is 0 Å². The van der Waals surface area contributed by atoms with Crippen molar-refractivity contribution in [2.75, 3.05) is 5.32 Å². The summed E-state index contributed by atoms with van der Waals surface area (Å²) in [5.41, 5.74) is 1.13. The number of benzene rings is 1. The van der Waals surface area contributed by atoms with Crippen LogP contribution in [0.5, 0.6) is 0 Å². The van der Waals surface area contributed by atoms with Crippen LogP contribution in [0.2, 0.25) is 10.0 Å². The quantitative estimate of drug-likeness (QED) is 0.894. The predicted molar refractivity (Wildman–Crippen MR) is 76.2 cm³/mol. The summed E-state index contributed by atoms with van der Waals surface area (Å²) in [6.07, 6.45) is 1.40. The number of nitrogens with one attached hydrogen (secondary N) is 2. The molecule has 0 aliphatic heterocycles. The fourth-order valence-corrected chi connectivity index (χ4v) is 1.95. The van der Waals surface area contributed by atoms with E-state index in [1.54, 1.807) is 12.1 Å². The molecule has 98 valence electrons. The summed E-state index contributed by atoms with van der Waals surface area (Å²) in [5.74, 6) is -0.423. The second kappa shape index (κ2) is 5.47. The molecule has 0 fully saturated rings. The third-order valence-corrected chi connectivity index (χ3v) is 3.25. The first-order chi connectivity index (χ1) is 8.97. The smallest absolute Gasteiger partial charge is 0.255 e. The Morgan fingerprint density at radius 1 is 1.21 bits per heavy atom. The predicted octanol–water partition coefficient (Wildman–Crippen LogP) is 3.24. The Morgan fingerprint density at radius 3 is 2.63 bits per heavy atom. The summed E-state index contributed by atoms with van der Waals surface area (Å²) in [6.45, 7) is 1.82. The fraction of sp³-hybridized carbons (Fsp3) is 0.0769. The van der Waals surface area contributed by atoms with Gasteiger partial charge in [-0.1, -0.05) is 23.2 Å². The maximum Gasteiger partial charge on any atom is 0.255 e. The van der Waals surface area contributed by atoms with Gasteiger partial charge in [0.15, 0.2) is 0 Å². The van der Waals surface area contributed by atoms with Gasteiger partial charge in [-0.05, 0) is 30.7 Å². The maximum atomic E-state index is 11.9. The molecule has 0 unspecified atom stereocenters. The first-order valence-corrected chi connectivity index (χ1v) is 6.18. The number of aryl methyl sites for hydroxylation is 1. The molecule has 1 aromatic carbocycles. The van der Waals surface area contributed by atoms with Crippen LogP contribution in [-0.4, -0.2) is 10.9 Å². The molecule has 0 atom stereocenters. The van der Waals surface area contributed by atoms with E-state index in [0.717, 1.165) is 5.56 Å². The lowest BCUT2D eigenvalue weighted by Gasteiger charge is -2.09. The Morgan fingerprint density at radius 2 is 1.95 bits per heavy atom. The number of carbonyl (C=O) groups is 1. The first-order valence-electron chi connectivity index (χ1n) is 5.43. The zero-order chi connectivity index (χ0) is 14.0. The van der Waals surface area contributed by atoms with Gasteiger partial charge in [-0.25, -0.2) is 0 Å². The molecule has 2 rings (SSSR count). The van der Waals surface area contributed by atoms with Gasteiger partial charge in [0.25, 0.3) is 5.91 Å². The highest BCUT2D eigenvalue weighted by atomic mass is 35.5. The summed E-state index contributed by atoms with van der Waals surface area (Å²) < 4.78 is 0. The monoisotopic (exact) mass is 296 g/mol. The number of pyridine rings is 1. The van der Waals surface area contributed by atoms with Gasteiger partial charge in [0.2, 0.25) is 5.56 Å². The molecule has 2 aromatic rings. The van der Waals surface area contributed by atoms with Gasteiger partial charge in [-0.2, -0.15) is 0 Å². The van der Waals surface area contributed by atoms with Crippen molar-refractivity contribution in [3.8, 4) is 0 Å². The van der Waals surface area contributed by atoms with Crippen LogP contribution in [0.3, 0.4) is 0 Å². The number of aromatic amines is 1. The molecular weight excluding hydrogens is 287 g/mol. The number of halogens is 2. The summed E-state index contributed by atoms with van der Waals surface area (Å²) in [7, 11) is 0. The Hall–Kier alpha value is -1.78. The van der Waals surface area contributed by atoms with Crippen LogP contribution in [0.25, 0.3) is 0 Å². The second-order valence-electron chi connectivity index (χ2n) is 3.98. The molecule has 0 spiro atoms. The van der Waals surface area contributed by atoms with Gasteiger partial charge >= 0.3 is 0 Å². The van der Waals surface area contributed by atoms with Gasteiger partial charge in [0.05, 0.1) is 10.7 Å². The Bertz CT molecular complexity index is 695. The molecule has 4 nitrogen and oxygen atoms in total. The van der Waals surface area contributed by atoms with E-state index in [4.69, 9.17) is 23.2 Å². The Kier molecular flexibility index (Phi) is 3.93. The van der Waals surface area contributed by atoms with E-state index in [0.29, 0.717) is 15.7 Å². The van der Waals surface area contributed by atoms with Crippen LogP contribution < -0.4 is 10.9 Å². The molecule has 19 heavy (non-hydrogen) atoms. The summed E-state index contributed by atoms with van der Waals surface area (Å²) in [5, 5.41) is 3.51. The van der Waals surface area contributed by atoms with E-state index in [-0.39, 0.29) is 11.1 Å². The van der Waals surface area contributed by atoms with Crippen molar-refractivity contribution in [3.05, 3.63) is 62.0 Å². The number of hydrogen-bond acceptors (Lipinski definition) is 2. The number of aromatic nitrogens is 1. The van der Waals surface area contributed by atoms with Crippen molar-refractivity contribution < 1.29 is 4.79 Å². The summed E-state index contributed by atoms with van der Waals surface area (Å²) in [6, 6.07) is 5.95.